The van der Waals surface area contributed by atoms with Crippen molar-refractivity contribution in [3.8, 4) is 17.3 Å². The second-order valence-electron chi connectivity index (χ2n) is 8.89. The van der Waals surface area contributed by atoms with Crippen molar-refractivity contribution in [2.24, 2.45) is 0 Å². The Balaban J connectivity index is 1.39. The highest BCUT2D eigenvalue weighted by Gasteiger charge is 2.26. The molecule has 4 heterocycles. The number of nitrogens with zero attached hydrogens (tertiary/aromatic N) is 5. The van der Waals surface area contributed by atoms with Crippen molar-refractivity contribution in [2.75, 3.05) is 25.5 Å². The van der Waals surface area contributed by atoms with E-state index in [2.05, 4.69) is 37.3 Å². The first kappa shape index (κ1) is 22.8. The van der Waals surface area contributed by atoms with E-state index in [4.69, 9.17) is 4.74 Å². The number of urea groups is 1. The molecule has 3 aromatic rings. The molecule has 10 heteroatoms. The fourth-order valence-corrected chi connectivity index (χ4v) is 4.78. The monoisotopic (exact) mass is 475 g/mol. The lowest BCUT2D eigenvalue weighted by Gasteiger charge is -2.29. The quantitative estimate of drug-likeness (QED) is 0.586. The molecule has 0 bridgehead atoms. The molecule has 2 N–H and O–H groups in total. The van der Waals surface area contributed by atoms with Crippen LogP contribution in [0.1, 0.15) is 53.6 Å². The SMILES string of the molecule is CCNC(=O)N1CCc2cc(OC)c(C(=O)Nc3cccc(-c4nnc5n4C(C)CC5)n3)cc2C1. The zero-order valence-corrected chi connectivity index (χ0v) is 20.2. The average molecular weight is 476 g/mol. The third kappa shape index (κ3) is 4.31. The minimum Gasteiger partial charge on any atom is -0.496 e. The number of anilines is 1. The summed E-state index contributed by atoms with van der Waals surface area (Å²) in [6.45, 7) is 5.67. The van der Waals surface area contributed by atoms with Crippen LogP contribution in [0.25, 0.3) is 11.5 Å². The van der Waals surface area contributed by atoms with E-state index in [0.29, 0.717) is 60.7 Å². The van der Waals surface area contributed by atoms with Crippen LogP contribution in [0.5, 0.6) is 5.75 Å². The molecule has 2 aliphatic heterocycles. The lowest BCUT2D eigenvalue weighted by Crippen LogP contribution is -2.42. The highest BCUT2D eigenvalue weighted by molar-refractivity contribution is 6.06. The Morgan fingerprint density at radius 2 is 2.03 bits per heavy atom. The molecule has 10 nitrogen and oxygen atoms in total. The molecule has 0 spiro atoms. The summed E-state index contributed by atoms with van der Waals surface area (Å²) in [4.78, 5) is 32.0. The van der Waals surface area contributed by atoms with E-state index in [1.807, 2.05) is 31.2 Å². The summed E-state index contributed by atoms with van der Waals surface area (Å²) < 4.78 is 7.64. The van der Waals surface area contributed by atoms with Crippen LogP contribution in [0.15, 0.2) is 30.3 Å². The molecule has 0 fully saturated rings. The number of amides is 3. The Morgan fingerprint density at radius 3 is 2.83 bits per heavy atom. The highest BCUT2D eigenvalue weighted by Crippen LogP contribution is 2.31. The number of carbonyl (C=O) groups excluding carboxylic acids is 2. The van der Waals surface area contributed by atoms with Crippen molar-refractivity contribution in [2.45, 2.75) is 45.7 Å². The summed E-state index contributed by atoms with van der Waals surface area (Å²) in [5, 5.41) is 14.4. The third-order valence-electron chi connectivity index (χ3n) is 6.61. The normalized spacial score (nSPS) is 16.4. The van der Waals surface area contributed by atoms with Gasteiger partial charge >= 0.3 is 6.03 Å². The first-order chi connectivity index (χ1) is 17.0. The van der Waals surface area contributed by atoms with E-state index in [-0.39, 0.29) is 11.9 Å². The molecule has 182 valence electrons. The topological polar surface area (TPSA) is 114 Å². The molecule has 0 radical (unpaired) electrons. The molecular formula is C25H29N7O3. The van der Waals surface area contributed by atoms with Gasteiger partial charge in [-0.2, -0.15) is 0 Å². The maximum atomic E-state index is 13.3. The van der Waals surface area contributed by atoms with E-state index < -0.39 is 0 Å². The van der Waals surface area contributed by atoms with E-state index >= 15 is 0 Å². The summed E-state index contributed by atoms with van der Waals surface area (Å²) in [5.41, 5.74) is 3.07. The Bertz CT molecular complexity index is 1290. The van der Waals surface area contributed by atoms with Crippen molar-refractivity contribution in [3.63, 3.8) is 0 Å². The van der Waals surface area contributed by atoms with Crippen molar-refractivity contribution in [1.29, 1.82) is 0 Å². The molecule has 2 aliphatic rings. The standard InChI is InChI=1S/C25H29N7O3/c1-4-26-25(34)31-11-10-16-13-20(35-3)18(12-17(16)14-31)24(33)28-21-7-5-6-19(27-21)23-30-29-22-9-8-15(2)32(22)23/h5-7,12-13,15H,4,8-11,14H2,1-3H3,(H,26,34)(H,27,28,33). The molecule has 35 heavy (non-hydrogen) atoms. The predicted octanol–water partition coefficient (Wildman–Crippen LogP) is 3.20. The molecule has 5 rings (SSSR count). The fourth-order valence-electron chi connectivity index (χ4n) is 4.78. The number of hydrogen-bond acceptors (Lipinski definition) is 6. The Kier molecular flexibility index (Phi) is 6.10. The van der Waals surface area contributed by atoms with Gasteiger partial charge in [0, 0.05) is 32.1 Å². The van der Waals surface area contributed by atoms with Crippen LogP contribution in [-0.2, 0) is 19.4 Å². The first-order valence-electron chi connectivity index (χ1n) is 11.9. The van der Waals surface area contributed by atoms with Crippen LogP contribution in [0, 0.1) is 0 Å². The summed E-state index contributed by atoms with van der Waals surface area (Å²) in [5.74, 6) is 2.25. The third-order valence-corrected chi connectivity index (χ3v) is 6.61. The summed E-state index contributed by atoms with van der Waals surface area (Å²) in [7, 11) is 1.55. The lowest BCUT2D eigenvalue weighted by molar-refractivity contribution is 0.102. The number of nitrogens with one attached hydrogen (secondary N) is 2. The number of ether oxygens (including phenoxy) is 1. The molecular weight excluding hydrogens is 446 g/mol. The van der Waals surface area contributed by atoms with Gasteiger partial charge in [-0.05, 0) is 62.1 Å². The number of pyridine rings is 1. The minimum atomic E-state index is -0.329. The number of aromatic nitrogens is 4. The first-order valence-corrected chi connectivity index (χ1v) is 11.9. The van der Waals surface area contributed by atoms with Gasteiger partial charge in [0.1, 0.15) is 23.1 Å². The second kappa shape index (κ2) is 9.36. The second-order valence-corrected chi connectivity index (χ2v) is 8.89. The highest BCUT2D eigenvalue weighted by atomic mass is 16.5. The molecule has 1 aromatic carbocycles. The lowest BCUT2D eigenvalue weighted by atomic mass is 9.96. The van der Waals surface area contributed by atoms with Crippen molar-refractivity contribution >= 4 is 17.8 Å². The van der Waals surface area contributed by atoms with Gasteiger partial charge in [-0.1, -0.05) is 6.07 Å². The largest absolute Gasteiger partial charge is 0.496 e. The number of aryl methyl sites for hydroxylation is 1. The van der Waals surface area contributed by atoms with E-state index in [1.165, 1.54) is 0 Å². The number of fused-ring (bicyclic) bond motifs is 2. The molecule has 0 aliphatic carbocycles. The van der Waals surface area contributed by atoms with Crippen LogP contribution in [-0.4, -0.2) is 56.8 Å². The van der Waals surface area contributed by atoms with Crippen molar-refractivity contribution in [3.05, 3.63) is 52.8 Å². The van der Waals surface area contributed by atoms with Gasteiger partial charge in [0.15, 0.2) is 5.82 Å². The molecule has 2 aromatic heterocycles. The Labute approximate surface area is 203 Å². The molecule has 0 saturated heterocycles. The van der Waals surface area contributed by atoms with E-state index in [0.717, 1.165) is 29.8 Å². The van der Waals surface area contributed by atoms with Gasteiger partial charge in [0.25, 0.3) is 5.91 Å². The van der Waals surface area contributed by atoms with Crippen LogP contribution in [0.2, 0.25) is 0 Å². The van der Waals surface area contributed by atoms with Gasteiger partial charge in [-0.3, -0.25) is 4.79 Å². The number of methoxy groups -OCH3 is 1. The number of carbonyl (C=O) groups is 2. The van der Waals surface area contributed by atoms with Crippen LogP contribution in [0.4, 0.5) is 10.6 Å². The summed E-state index contributed by atoms with van der Waals surface area (Å²) in [6.07, 6.45) is 2.64. The zero-order valence-electron chi connectivity index (χ0n) is 20.2. The number of hydrogen-bond donors (Lipinski definition) is 2. The molecule has 0 saturated carbocycles. The van der Waals surface area contributed by atoms with Gasteiger partial charge < -0.3 is 24.8 Å². The zero-order chi connectivity index (χ0) is 24.5. The van der Waals surface area contributed by atoms with E-state index in [9.17, 15) is 9.59 Å². The summed E-state index contributed by atoms with van der Waals surface area (Å²) >= 11 is 0. The van der Waals surface area contributed by atoms with E-state index in [1.54, 1.807) is 18.1 Å². The van der Waals surface area contributed by atoms with Gasteiger partial charge in [0.05, 0.1) is 12.7 Å². The number of benzene rings is 1. The maximum Gasteiger partial charge on any atom is 0.317 e. The molecule has 1 unspecified atom stereocenters. The van der Waals surface area contributed by atoms with Crippen molar-refractivity contribution in [1.82, 2.24) is 30.0 Å². The molecule has 3 amide bonds. The van der Waals surface area contributed by atoms with Gasteiger partial charge in [-0.25, -0.2) is 9.78 Å². The maximum absolute atomic E-state index is 13.3. The number of rotatable bonds is 5. The summed E-state index contributed by atoms with van der Waals surface area (Å²) in [6, 6.07) is 9.37. The van der Waals surface area contributed by atoms with Gasteiger partial charge in [0.2, 0.25) is 0 Å². The smallest absolute Gasteiger partial charge is 0.317 e. The Hall–Kier alpha value is -3.95. The van der Waals surface area contributed by atoms with Crippen LogP contribution >= 0.6 is 0 Å². The van der Waals surface area contributed by atoms with Crippen LogP contribution in [0.3, 0.4) is 0 Å². The minimum absolute atomic E-state index is 0.102. The van der Waals surface area contributed by atoms with Gasteiger partial charge in [-0.15, -0.1) is 10.2 Å². The van der Waals surface area contributed by atoms with Crippen molar-refractivity contribution < 1.29 is 14.3 Å². The fraction of sp³-hybridized carbons (Fsp3) is 0.400. The predicted molar refractivity (Wildman–Crippen MR) is 130 cm³/mol. The molecule has 1 atom stereocenters. The Morgan fingerprint density at radius 1 is 1.17 bits per heavy atom. The van der Waals surface area contributed by atoms with Crippen LogP contribution < -0.4 is 15.4 Å². The average Bonchev–Trinajstić information content (AvgIpc) is 3.46.